The van der Waals surface area contributed by atoms with Gasteiger partial charge in [-0.05, 0) is 41.7 Å². The van der Waals surface area contributed by atoms with Crippen LogP contribution < -0.4 is 0 Å². The zero-order chi connectivity index (χ0) is 20.8. The molecule has 1 atom stereocenters. The van der Waals surface area contributed by atoms with Gasteiger partial charge >= 0.3 is 0 Å². The van der Waals surface area contributed by atoms with Gasteiger partial charge in [-0.15, -0.1) is 0 Å². The minimum Gasteiger partial charge on any atom is -0.341 e. The van der Waals surface area contributed by atoms with Crippen molar-refractivity contribution in [3.05, 3.63) is 90.3 Å². The van der Waals surface area contributed by atoms with Crippen LogP contribution in [-0.4, -0.2) is 46.9 Å². The lowest BCUT2D eigenvalue weighted by Gasteiger charge is -2.24. The minimum atomic E-state index is -0.0472. The fraction of sp³-hybridized carbons (Fsp3) is 0.308. The molecule has 2 heterocycles. The van der Waals surface area contributed by atoms with Gasteiger partial charge in [0.15, 0.2) is 0 Å². The quantitative estimate of drug-likeness (QED) is 0.621. The van der Waals surface area contributed by atoms with E-state index in [-0.39, 0.29) is 11.8 Å². The Bertz CT molecular complexity index is 958. The summed E-state index contributed by atoms with van der Waals surface area (Å²) in [5.41, 5.74) is 4.85. The fourth-order valence-electron chi connectivity index (χ4n) is 4.33. The summed E-state index contributed by atoms with van der Waals surface area (Å²) < 4.78 is 0. The van der Waals surface area contributed by atoms with Gasteiger partial charge in [-0.25, -0.2) is 0 Å². The molecule has 1 amide bonds. The van der Waals surface area contributed by atoms with E-state index >= 15 is 0 Å². The lowest BCUT2D eigenvalue weighted by Crippen LogP contribution is -2.37. The Labute approximate surface area is 179 Å². The van der Waals surface area contributed by atoms with Crippen LogP contribution in [0.1, 0.15) is 18.1 Å². The zero-order valence-corrected chi connectivity index (χ0v) is 17.6. The van der Waals surface area contributed by atoms with E-state index in [1.807, 2.05) is 23.2 Å². The first-order valence-corrected chi connectivity index (χ1v) is 10.8. The molecule has 1 fully saturated rings. The summed E-state index contributed by atoms with van der Waals surface area (Å²) >= 11 is 0. The van der Waals surface area contributed by atoms with Crippen LogP contribution in [0.4, 0.5) is 0 Å². The van der Waals surface area contributed by atoms with E-state index in [1.54, 1.807) is 6.20 Å². The second-order valence-corrected chi connectivity index (χ2v) is 7.94. The molecule has 0 spiro atoms. The van der Waals surface area contributed by atoms with Gasteiger partial charge in [-0.3, -0.25) is 14.7 Å². The Hall–Kier alpha value is -2.98. The van der Waals surface area contributed by atoms with Crippen LogP contribution in [0.25, 0.3) is 11.1 Å². The standard InChI is InChI=1S/C26H29N3O/c1-2-29-16-15-28(19-21-9-8-14-27-18-21)20-24(26(29)30)17-23-12-6-7-13-25(23)22-10-4-3-5-11-22/h3-14,18,24H,2,15-17,19-20H2,1H3/t24-/m1/s1. The average Bonchev–Trinajstić information content (AvgIpc) is 2.94. The van der Waals surface area contributed by atoms with Crippen LogP contribution in [-0.2, 0) is 17.8 Å². The van der Waals surface area contributed by atoms with Gasteiger partial charge in [-0.2, -0.15) is 0 Å². The first-order chi connectivity index (χ1) is 14.7. The third-order valence-corrected chi connectivity index (χ3v) is 5.90. The largest absolute Gasteiger partial charge is 0.341 e. The first-order valence-electron chi connectivity index (χ1n) is 10.8. The third-order valence-electron chi connectivity index (χ3n) is 5.90. The number of rotatable bonds is 6. The molecule has 2 aromatic carbocycles. The number of nitrogens with zero attached hydrogens (tertiary/aromatic N) is 3. The molecule has 0 bridgehead atoms. The maximum absolute atomic E-state index is 13.3. The molecule has 3 aromatic rings. The molecule has 0 N–H and O–H groups in total. The van der Waals surface area contributed by atoms with Gasteiger partial charge < -0.3 is 4.90 Å². The number of benzene rings is 2. The summed E-state index contributed by atoms with van der Waals surface area (Å²) in [5, 5.41) is 0. The summed E-state index contributed by atoms with van der Waals surface area (Å²) in [6, 6.07) is 23.0. The van der Waals surface area contributed by atoms with Crippen molar-refractivity contribution in [3.63, 3.8) is 0 Å². The van der Waals surface area contributed by atoms with Gasteiger partial charge in [0.2, 0.25) is 5.91 Å². The molecule has 1 aliphatic rings. The van der Waals surface area contributed by atoms with Crippen LogP contribution >= 0.6 is 0 Å². The highest BCUT2D eigenvalue weighted by atomic mass is 16.2. The second kappa shape index (κ2) is 9.68. The van der Waals surface area contributed by atoms with Crippen LogP contribution in [0.2, 0.25) is 0 Å². The number of pyridine rings is 1. The molecule has 0 radical (unpaired) electrons. The average molecular weight is 400 g/mol. The third kappa shape index (κ3) is 4.77. The highest BCUT2D eigenvalue weighted by Gasteiger charge is 2.30. The van der Waals surface area contributed by atoms with Crippen molar-refractivity contribution in [2.24, 2.45) is 5.92 Å². The predicted molar refractivity (Wildman–Crippen MR) is 121 cm³/mol. The number of amides is 1. The van der Waals surface area contributed by atoms with Gasteiger partial charge in [0, 0.05) is 45.1 Å². The minimum absolute atomic E-state index is 0.0472. The number of carbonyl (C=O) groups is 1. The predicted octanol–water partition coefficient (Wildman–Crippen LogP) is 4.27. The Kier molecular flexibility index (Phi) is 6.55. The monoisotopic (exact) mass is 399 g/mol. The van der Waals surface area contributed by atoms with Gasteiger partial charge in [-0.1, -0.05) is 60.7 Å². The zero-order valence-electron chi connectivity index (χ0n) is 17.6. The van der Waals surface area contributed by atoms with E-state index in [0.29, 0.717) is 0 Å². The number of carbonyl (C=O) groups excluding carboxylic acids is 1. The van der Waals surface area contributed by atoms with E-state index in [0.717, 1.165) is 39.1 Å². The Balaban J connectivity index is 1.59. The summed E-state index contributed by atoms with van der Waals surface area (Å²) in [5.74, 6) is 0.225. The van der Waals surface area contributed by atoms with Crippen molar-refractivity contribution in [3.8, 4) is 11.1 Å². The Morgan fingerprint density at radius 2 is 1.77 bits per heavy atom. The molecule has 4 heteroatoms. The molecule has 0 saturated carbocycles. The molecule has 30 heavy (non-hydrogen) atoms. The maximum Gasteiger partial charge on any atom is 0.227 e. The van der Waals surface area contributed by atoms with Gasteiger partial charge in [0.25, 0.3) is 0 Å². The van der Waals surface area contributed by atoms with E-state index < -0.39 is 0 Å². The molecular formula is C26H29N3O. The second-order valence-electron chi connectivity index (χ2n) is 7.94. The lowest BCUT2D eigenvalue weighted by molar-refractivity contribution is -0.134. The highest BCUT2D eigenvalue weighted by molar-refractivity contribution is 5.80. The van der Waals surface area contributed by atoms with Crippen molar-refractivity contribution >= 4 is 5.91 Å². The summed E-state index contributed by atoms with van der Waals surface area (Å²) in [4.78, 5) is 22.0. The number of likely N-dealkylation sites (N-methyl/N-ethyl adjacent to an activating group) is 1. The van der Waals surface area contributed by atoms with E-state index in [4.69, 9.17) is 0 Å². The van der Waals surface area contributed by atoms with Gasteiger partial charge in [0.05, 0.1) is 5.92 Å². The number of hydrogen-bond acceptors (Lipinski definition) is 3. The summed E-state index contributed by atoms with van der Waals surface area (Å²) in [6.07, 6.45) is 4.48. The summed E-state index contributed by atoms with van der Waals surface area (Å²) in [6.45, 7) is 6.11. The van der Waals surface area contributed by atoms with E-state index in [2.05, 4.69) is 71.4 Å². The topological polar surface area (TPSA) is 36.4 Å². The Morgan fingerprint density at radius 1 is 0.967 bits per heavy atom. The Morgan fingerprint density at radius 3 is 2.53 bits per heavy atom. The SMILES string of the molecule is CCN1CCN(Cc2cccnc2)C[C@@H](Cc2ccccc2-c2ccccc2)C1=O. The lowest BCUT2D eigenvalue weighted by atomic mass is 9.91. The van der Waals surface area contributed by atoms with Crippen molar-refractivity contribution in [2.45, 2.75) is 19.9 Å². The number of aromatic nitrogens is 1. The smallest absolute Gasteiger partial charge is 0.227 e. The van der Waals surface area contributed by atoms with Crippen LogP contribution in [0.3, 0.4) is 0 Å². The van der Waals surface area contributed by atoms with E-state index in [1.165, 1.54) is 22.3 Å². The van der Waals surface area contributed by atoms with Crippen molar-refractivity contribution in [1.29, 1.82) is 0 Å². The number of hydrogen-bond donors (Lipinski definition) is 0. The van der Waals surface area contributed by atoms with Crippen LogP contribution in [0.15, 0.2) is 79.1 Å². The van der Waals surface area contributed by atoms with Crippen LogP contribution in [0, 0.1) is 5.92 Å². The van der Waals surface area contributed by atoms with Crippen LogP contribution in [0.5, 0.6) is 0 Å². The molecular weight excluding hydrogens is 370 g/mol. The van der Waals surface area contributed by atoms with Crippen molar-refractivity contribution in [1.82, 2.24) is 14.8 Å². The fourth-order valence-corrected chi connectivity index (χ4v) is 4.33. The molecule has 0 unspecified atom stereocenters. The highest BCUT2D eigenvalue weighted by Crippen LogP contribution is 2.27. The molecule has 4 nitrogen and oxygen atoms in total. The molecule has 1 aliphatic heterocycles. The summed E-state index contributed by atoms with van der Waals surface area (Å²) in [7, 11) is 0. The first kappa shape index (κ1) is 20.3. The molecule has 154 valence electrons. The molecule has 0 aliphatic carbocycles. The molecule has 1 aromatic heterocycles. The van der Waals surface area contributed by atoms with E-state index in [9.17, 15) is 4.79 Å². The van der Waals surface area contributed by atoms with Crippen molar-refractivity contribution < 1.29 is 4.79 Å². The normalized spacial score (nSPS) is 17.7. The maximum atomic E-state index is 13.3. The molecule has 4 rings (SSSR count). The van der Waals surface area contributed by atoms with Crippen molar-refractivity contribution in [2.75, 3.05) is 26.2 Å². The van der Waals surface area contributed by atoms with Gasteiger partial charge in [0.1, 0.15) is 0 Å². The molecule has 1 saturated heterocycles.